The summed E-state index contributed by atoms with van der Waals surface area (Å²) in [6.45, 7) is 0. The Morgan fingerprint density at radius 2 is 1.55 bits per heavy atom. The van der Waals surface area contributed by atoms with E-state index in [4.69, 9.17) is 4.74 Å². The molecule has 0 bridgehead atoms. The fourth-order valence-electron chi connectivity index (χ4n) is 3.67. The predicted molar refractivity (Wildman–Crippen MR) is 122 cm³/mol. The topological polar surface area (TPSA) is 50.4 Å². The largest absolute Gasteiger partial charge is 0.497 e. The Kier molecular flexibility index (Phi) is 8.11. The summed E-state index contributed by atoms with van der Waals surface area (Å²) in [5.41, 5.74) is 1.90. The first-order valence-corrected chi connectivity index (χ1v) is 10.6. The van der Waals surface area contributed by atoms with Crippen molar-refractivity contribution in [3.8, 4) is 5.75 Å². The number of carbonyl (C=O) groups is 1. The average Bonchev–Trinajstić information content (AvgIpc) is 2.84. The number of rotatable bonds is 9. The minimum absolute atomic E-state index is 0.172. The second-order valence-corrected chi connectivity index (χ2v) is 7.68. The van der Waals surface area contributed by atoms with E-state index >= 15 is 0 Å². The van der Waals surface area contributed by atoms with Crippen LogP contribution in [0.5, 0.6) is 5.75 Å². The maximum atomic E-state index is 12.9. The number of methoxy groups -OCH3 is 1. The van der Waals surface area contributed by atoms with Crippen molar-refractivity contribution in [2.75, 3.05) is 14.2 Å². The summed E-state index contributed by atoms with van der Waals surface area (Å²) >= 11 is 0. The Hall–Kier alpha value is -3.32. The van der Waals surface area contributed by atoms with Gasteiger partial charge < -0.3 is 10.1 Å². The molecule has 0 spiro atoms. The molecular formula is C26H27F3N2O2. The number of aryl methyl sites for hydroxylation is 1. The number of likely N-dealkylation sites (N-methyl/N-ethyl adjacent to an activating group) is 1. The highest BCUT2D eigenvalue weighted by Crippen LogP contribution is 2.30. The quantitative estimate of drug-likeness (QED) is 0.449. The molecule has 0 saturated carbocycles. The molecule has 33 heavy (non-hydrogen) atoms. The highest BCUT2D eigenvalue weighted by Gasteiger charge is 2.30. The zero-order valence-electron chi connectivity index (χ0n) is 18.5. The molecule has 2 atom stereocenters. The Morgan fingerprint density at radius 3 is 2.09 bits per heavy atom. The lowest BCUT2D eigenvalue weighted by Crippen LogP contribution is -2.38. The molecule has 0 radical (unpaired) electrons. The molecule has 0 saturated heterocycles. The van der Waals surface area contributed by atoms with Gasteiger partial charge in [0.1, 0.15) is 11.8 Å². The third-order valence-corrected chi connectivity index (χ3v) is 5.53. The molecule has 0 fully saturated rings. The minimum atomic E-state index is -4.36. The van der Waals surface area contributed by atoms with Crippen molar-refractivity contribution >= 4 is 5.91 Å². The normalized spacial score (nSPS) is 13.2. The summed E-state index contributed by atoms with van der Waals surface area (Å²) in [7, 11) is 3.18. The van der Waals surface area contributed by atoms with Gasteiger partial charge in [0.05, 0.1) is 12.7 Å². The van der Waals surface area contributed by atoms with Crippen LogP contribution in [-0.4, -0.2) is 20.1 Å². The van der Waals surface area contributed by atoms with Crippen LogP contribution < -0.4 is 15.4 Å². The van der Waals surface area contributed by atoms with E-state index in [1.54, 1.807) is 14.2 Å². The van der Waals surface area contributed by atoms with Crippen molar-refractivity contribution < 1.29 is 22.7 Å². The van der Waals surface area contributed by atoms with E-state index in [1.807, 2.05) is 54.6 Å². The molecule has 1 amide bonds. The molecule has 174 valence electrons. The number of carbonyl (C=O) groups excluding carboxylic acids is 1. The molecule has 3 rings (SSSR count). The standard InChI is InChI=1S/C26H27F3N2O2/c1-30-25(32)24(20-6-4-3-5-7-20)31-23(19-11-15-22(33-2)16-12-19)17-10-18-8-13-21(14-9-18)26(27,28)29/h3-9,11-16,23-24,31H,10,17H2,1-2H3,(H,30,32)/t23?,24-/m1/s1. The number of benzene rings is 3. The van der Waals surface area contributed by atoms with E-state index < -0.39 is 17.8 Å². The zero-order valence-corrected chi connectivity index (χ0v) is 18.5. The van der Waals surface area contributed by atoms with E-state index in [0.717, 1.165) is 28.8 Å². The van der Waals surface area contributed by atoms with Crippen LogP contribution in [0, 0.1) is 0 Å². The van der Waals surface area contributed by atoms with Crippen LogP contribution in [0.1, 0.15) is 40.8 Å². The number of hydrogen-bond donors (Lipinski definition) is 2. The van der Waals surface area contributed by atoms with Crippen molar-refractivity contribution in [3.63, 3.8) is 0 Å². The second kappa shape index (κ2) is 11.0. The monoisotopic (exact) mass is 456 g/mol. The van der Waals surface area contributed by atoms with Crippen molar-refractivity contribution in [2.45, 2.75) is 31.1 Å². The Morgan fingerprint density at radius 1 is 0.909 bits per heavy atom. The third kappa shape index (κ3) is 6.58. The molecule has 0 aliphatic carbocycles. The second-order valence-electron chi connectivity index (χ2n) is 7.68. The molecule has 2 N–H and O–H groups in total. The van der Waals surface area contributed by atoms with Gasteiger partial charge in [0, 0.05) is 13.1 Å². The fourth-order valence-corrected chi connectivity index (χ4v) is 3.67. The van der Waals surface area contributed by atoms with E-state index in [2.05, 4.69) is 10.6 Å². The number of halogens is 3. The van der Waals surface area contributed by atoms with E-state index in [-0.39, 0.29) is 11.9 Å². The van der Waals surface area contributed by atoms with Crippen LogP contribution >= 0.6 is 0 Å². The first-order chi connectivity index (χ1) is 15.8. The highest BCUT2D eigenvalue weighted by molar-refractivity contribution is 5.83. The first kappa shape index (κ1) is 24.3. The number of alkyl halides is 3. The van der Waals surface area contributed by atoms with E-state index in [0.29, 0.717) is 18.6 Å². The maximum Gasteiger partial charge on any atom is 0.416 e. The molecular weight excluding hydrogens is 429 g/mol. The van der Waals surface area contributed by atoms with E-state index in [1.165, 1.54) is 12.1 Å². The van der Waals surface area contributed by atoms with Gasteiger partial charge in [0.2, 0.25) is 5.91 Å². The van der Waals surface area contributed by atoms with E-state index in [9.17, 15) is 18.0 Å². The van der Waals surface area contributed by atoms with Gasteiger partial charge in [-0.15, -0.1) is 0 Å². The maximum absolute atomic E-state index is 12.9. The van der Waals surface area contributed by atoms with Gasteiger partial charge in [-0.1, -0.05) is 54.6 Å². The van der Waals surface area contributed by atoms with Crippen LogP contribution in [-0.2, 0) is 17.4 Å². The minimum Gasteiger partial charge on any atom is -0.497 e. The van der Waals surface area contributed by atoms with Crippen molar-refractivity contribution in [1.29, 1.82) is 0 Å². The van der Waals surface area contributed by atoms with Crippen molar-refractivity contribution in [3.05, 3.63) is 101 Å². The Bertz CT molecular complexity index is 1020. The van der Waals surface area contributed by atoms with Gasteiger partial charge in [-0.25, -0.2) is 0 Å². The number of nitrogens with one attached hydrogen (secondary N) is 2. The number of ether oxygens (including phenoxy) is 1. The average molecular weight is 457 g/mol. The van der Waals surface area contributed by atoms with Crippen LogP contribution in [0.4, 0.5) is 13.2 Å². The third-order valence-electron chi connectivity index (χ3n) is 5.53. The molecule has 1 unspecified atom stereocenters. The van der Waals surface area contributed by atoms with Crippen LogP contribution in [0.15, 0.2) is 78.9 Å². The van der Waals surface area contributed by atoms with Crippen LogP contribution in [0.25, 0.3) is 0 Å². The van der Waals surface area contributed by atoms with Gasteiger partial charge in [0.25, 0.3) is 0 Å². The fraction of sp³-hybridized carbons (Fsp3) is 0.269. The SMILES string of the molecule is CNC(=O)[C@H](NC(CCc1ccc(C(F)(F)F)cc1)c1ccc(OC)cc1)c1ccccc1. The summed E-state index contributed by atoms with van der Waals surface area (Å²) in [4.78, 5) is 12.7. The lowest BCUT2D eigenvalue weighted by Gasteiger charge is -2.26. The molecule has 4 nitrogen and oxygen atoms in total. The number of hydrogen-bond acceptors (Lipinski definition) is 3. The summed E-state index contributed by atoms with van der Waals surface area (Å²) in [5, 5.41) is 6.15. The Balaban J connectivity index is 1.84. The predicted octanol–water partition coefficient (Wildman–Crippen LogP) is 5.46. The van der Waals surface area contributed by atoms with Gasteiger partial charge in [-0.2, -0.15) is 13.2 Å². The summed E-state index contributed by atoms with van der Waals surface area (Å²) in [6.07, 6.45) is -3.24. The highest BCUT2D eigenvalue weighted by atomic mass is 19.4. The smallest absolute Gasteiger partial charge is 0.416 e. The van der Waals surface area contributed by atoms with Gasteiger partial charge >= 0.3 is 6.18 Å². The summed E-state index contributed by atoms with van der Waals surface area (Å²) < 4.78 is 43.9. The molecule has 0 aromatic heterocycles. The van der Waals surface area contributed by atoms with Crippen LogP contribution in [0.3, 0.4) is 0 Å². The molecule has 3 aromatic rings. The summed E-state index contributed by atoms with van der Waals surface area (Å²) in [5.74, 6) is 0.542. The molecule has 0 heterocycles. The molecule has 7 heteroatoms. The van der Waals surface area contributed by atoms with Crippen LogP contribution in [0.2, 0.25) is 0 Å². The first-order valence-electron chi connectivity index (χ1n) is 10.6. The zero-order chi connectivity index (χ0) is 23.8. The summed E-state index contributed by atoms with van der Waals surface area (Å²) in [6, 6.07) is 21.3. The van der Waals surface area contributed by atoms with Gasteiger partial charge in [-0.05, 0) is 53.8 Å². The molecule has 0 aliphatic rings. The van der Waals surface area contributed by atoms with Crippen molar-refractivity contribution in [1.82, 2.24) is 10.6 Å². The van der Waals surface area contributed by atoms with Gasteiger partial charge in [0.15, 0.2) is 0 Å². The lowest BCUT2D eigenvalue weighted by molar-refractivity contribution is -0.137. The van der Waals surface area contributed by atoms with Crippen molar-refractivity contribution in [2.24, 2.45) is 0 Å². The molecule has 3 aromatic carbocycles. The van der Waals surface area contributed by atoms with Gasteiger partial charge in [-0.3, -0.25) is 10.1 Å². The molecule has 0 aliphatic heterocycles. The Labute approximate surface area is 191 Å². The number of amides is 1. The lowest BCUT2D eigenvalue weighted by atomic mass is 9.96.